The van der Waals surface area contributed by atoms with E-state index in [4.69, 9.17) is 0 Å². The smallest absolute Gasteiger partial charge is 0.243 e. The monoisotopic (exact) mass is 327 g/mol. The molecule has 0 saturated heterocycles. The van der Waals surface area contributed by atoms with E-state index in [0.29, 0.717) is 19.1 Å². The van der Waals surface area contributed by atoms with Gasteiger partial charge in [0.1, 0.15) is 18.4 Å². The summed E-state index contributed by atoms with van der Waals surface area (Å²) in [5, 5.41) is 7.75. The largest absolute Gasteiger partial charge is 0.348 e. The van der Waals surface area contributed by atoms with Crippen LogP contribution in [0.1, 0.15) is 47.5 Å². The van der Waals surface area contributed by atoms with Crippen LogP contribution in [0, 0.1) is 11.8 Å². The molecule has 0 aliphatic carbocycles. The molecular weight excluding hydrogens is 298 g/mol. The Morgan fingerprint density at radius 3 is 1.74 bits per heavy atom. The number of hydrogen-bond acceptors (Lipinski definition) is 4. The maximum atomic E-state index is 12.4. The fourth-order valence-corrected chi connectivity index (χ4v) is 2.19. The number of amides is 3. The van der Waals surface area contributed by atoms with Gasteiger partial charge in [-0.1, -0.05) is 27.7 Å². The van der Waals surface area contributed by atoms with Crippen LogP contribution in [-0.4, -0.2) is 42.6 Å². The van der Waals surface area contributed by atoms with Crippen molar-refractivity contribution < 1.29 is 19.2 Å². The molecule has 0 fully saturated rings. The van der Waals surface area contributed by atoms with E-state index in [-0.39, 0.29) is 30.2 Å². The third-order valence-electron chi connectivity index (χ3n) is 3.10. The highest BCUT2D eigenvalue weighted by molar-refractivity contribution is 5.92. The standard InChI is InChI=1S/C16H29N3O4/c1-10(2)8-13(15(22)17-6-7-20)19-16(23)14(9-11(3)4)18-12(5)21/h7,10-11,13-14H,6,8-9H2,1-5H3,(H,17,22)(H,18,21)(H,19,23)/t13-,14+/m1/s1. The third kappa shape index (κ3) is 9.65. The second kappa shape index (κ2) is 10.7. The molecular formula is C16H29N3O4. The van der Waals surface area contributed by atoms with Gasteiger partial charge in [-0.05, 0) is 24.7 Å². The van der Waals surface area contributed by atoms with E-state index in [0.717, 1.165) is 0 Å². The first-order valence-electron chi connectivity index (χ1n) is 7.96. The zero-order valence-electron chi connectivity index (χ0n) is 14.6. The Labute approximate surface area is 138 Å². The first-order chi connectivity index (χ1) is 10.7. The number of carbonyl (C=O) groups excluding carboxylic acids is 4. The van der Waals surface area contributed by atoms with Gasteiger partial charge in [-0.3, -0.25) is 14.4 Å². The second-order valence-corrected chi connectivity index (χ2v) is 6.49. The van der Waals surface area contributed by atoms with E-state index in [1.54, 1.807) is 0 Å². The molecule has 7 heteroatoms. The lowest BCUT2D eigenvalue weighted by atomic mass is 10.00. The molecule has 0 aliphatic heterocycles. The van der Waals surface area contributed by atoms with Crippen LogP contribution in [0.15, 0.2) is 0 Å². The Bertz CT molecular complexity index is 422. The van der Waals surface area contributed by atoms with Crippen molar-refractivity contribution in [1.29, 1.82) is 0 Å². The van der Waals surface area contributed by atoms with Crippen molar-refractivity contribution in [2.75, 3.05) is 6.54 Å². The summed E-state index contributed by atoms with van der Waals surface area (Å²) in [7, 11) is 0. The summed E-state index contributed by atoms with van der Waals surface area (Å²) >= 11 is 0. The van der Waals surface area contributed by atoms with Crippen LogP contribution in [0.25, 0.3) is 0 Å². The van der Waals surface area contributed by atoms with Gasteiger partial charge in [0, 0.05) is 6.92 Å². The van der Waals surface area contributed by atoms with Crippen molar-refractivity contribution in [3.05, 3.63) is 0 Å². The van der Waals surface area contributed by atoms with Crippen LogP contribution in [-0.2, 0) is 19.2 Å². The molecule has 0 rings (SSSR count). The molecule has 0 unspecified atom stereocenters. The summed E-state index contributed by atoms with van der Waals surface area (Å²) in [6.45, 7) is 9.03. The molecule has 23 heavy (non-hydrogen) atoms. The lowest BCUT2D eigenvalue weighted by molar-refractivity contribution is -0.132. The lowest BCUT2D eigenvalue weighted by Crippen LogP contribution is -2.54. The second-order valence-electron chi connectivity index (χ2n) is 6.49. The Morgan fingerprint density at radius 1 is 0.870 bits per heavy atom. The van der Waals surface area contributed by atoms with Gasteiger partial charge < -0.3 is 20.7 Å². The van der Waals surface area contributed by atoms with E-state index in [2.05, 4.69) is 16.0 Å². The summed E-state index contributed by atoms with van der Waals surface area (Å²) in [6, 6.07) is -1.41. The molecule has 0 bridgehead atoms. The van der Waals surface area contributed by atoms with Gasteiger partial charge in [0.15, 0.2) is 0 Å². The topological polar surface area (TPSA) is 104 Å². The van der Waals surface area contributed by atoms with Gasteiger partial charge in [0.25, 0.3) is 0 Å². The maximum absolute atomic E-state index is 12.4. The van der Waals surface area contributed by atoms with Gasteiger partial charge in [-0.25, -0.2) is 0 Å². The van der Waals surface area contributed by atoms with Crippen molar-refractivity contribution in [3.8, 4) is 0 Å². The molecule has 2 atom stereocenters. The SMILES string of the molecule is CC(=O)N[C@@H](CC(C)C)C(=O)N[C@H](CC(C)C)C(=O)NCC=O. The number of hydrogen-bond donors (Lipinski definition) is 3. The normalized spacial score (nSPS) is 13.3. The van der Waals surface area contributed by atoms with Crippen LogP contribution >= 0.6 is 0 Å². The van der Waals surface area contributed by atoms with Gasteiger partial charge in [-0.15, -0.1) is 0 Å². The molecule has 3 N–H and O–H groups in total. The highest BCUT2D eigenvalue weighted by Gasteiger charge is 2.27. The summed E-state index contributed by atoms with van der Waals surface area (Å²) in [4.78, 5) is 46.1. The van der Waals surface area contributed by atoms with Crippen molar-refractivity contribution in [1.82, 2.24) is 16.0 Å². The first kappa shape index (κ1) is 21.1. The number of rotatable bonds is 10. The fourth-order valence-electron chi connectivity index (χ4n) is 2.19. The van der Waals surface area contributed by atoms with E-state index in [1.165, 1.54) is 6.92 Å². The van der Waals surface area contributed by atoms with Crippen molar-refractivity contribution in [2.45, 2.75) is 59.5 Å². The van der Waals surface area contributed by atoms with Crippen LogP contribution in [0.4, 0.5) is 0 Å². The van der Waals surface area contributed by atoms with Gasteiger partial charge in [0.2, 0.25) is 17.7 Å². The molecule has 0 aromatic heterocycles. The van der Waals surface area contributed by atoms with Crippen LogP contribution in [0.5, 0.6) is 0 Å². The number of carbonyl (C=O) groups is 4. The molecule has 0 aromatic rings. The molecule has 0 saturated carbocycles. The summed E-state index contributed by atoms with van der Waals surface area (Å²) < 4.78 is 0. The predicted octanol–water partition coefficient (Wildman–Crippen LogP) is 0.383. The van der Waals surface area contributed by atoms with Gasteiger partial charge in [-0.2, -0.15) is 0 Å². The molecule has 7 nitrogen and oxygen atoms in total. The zero-order chi connectivity index (χ0) is 18.0. The Hall–Kier alpha value is -1.92. The molecule has 0 aromatic carbocycles. The Balaban J connectivity index is 4.96. The number of nitrogens with one attached hydrogen (secondary N) is 3. The third-order valence-corrected chi connectivity index (χ3v) is 3.10. The van der Waals surface area contributed by atoms with E-state index < -0.39 is 18.0 Å². The highest BCUT2D eigenvalue weighted by atomic mass is 16.2. The summed E-state index contributed by atoms with van der Waals surface area (Å²) in [6.07, 6.45) is 1.52. The minimum absolute atomic E-state index is 0.0928. The average molecular weight is 327 g/mol. The van der Waals surface area contributed by atoms with Crippen molar-refractivity contribution in [2.24, 2.45) is 11.8 Å². The van der Waals surface area contributed by atoms with E-state index in [1.807, 2.05) is 27.7 Å². The lowest BCUT2D eigenvalue weighted by Gasteiger charge is -2.24. The first-order valence-corrected chi connectivity index (χ1v) is 7.96. The molecule has 0 aliphatic rings. The fraction of sp³-hybridized carbons (Fsp3) is 0.750. The van der Waals surface area contributed by atoms with Crippen molar-refractivity contribution >= 4 is 24.0 Å². The Morgan fingerprint density at radius 2 is 1.35 bits per heavy atom. The number of aldehydes is 1. The minimum Gasteiger partial charge on any atom is -0.348 e. The summed E-state index contributed by atoms with van der Waals surface area (Å²) in [5.74, 6) is -0.681. The van der Waals surface area contributed by atoms with E-state index in [9.17, 15) is 19.2 Å². The molecule has 132 valence electrons. The van der Waals surface area contributed by atoms with Crippen LogP contribution in [0.3, 0.4) is 0 Å². The maximum Gasteiger partial charge on any atom is 0.243 e. The highest BCUT2D eigenvalue weighted by Crippen LogP contribution is 2.08. The molecule has 0 spiro atoms. The molecule has 0 heterocycles. The molecule has 3 amide bonds. The zero-order valence-corrected chi connectivity index (χ0v) is 14.6. The van der Waals surface area contributed by atoms with Gasteiger partial charge >= 0.3 is 0 Å². The Kier molecular flexibility index (Phi) is 9.85. The predicted molar refractivity (Wildman–Crippen MR) is 87.5 cm³/mol. The molecule has 0 radical (unpaired) electrons. The minimum atomic E-state index is -0.731. The van der Waals surface area contributed by atoms with E-state index >= 15 is 0 Å². The van der Waals surface area contributed by atoms with Crippen LogP contribution in [0.2, 0.25) is 0 Å². The van der Waals surface area contributed by atoms with Crippen molar-refractivity contribution in [3.63, 3.8) is 0 Å². The van der Waals surface area contributed by atoms with Crippen LogP contribution < -0.4 is 16.0 Å². The summed E-state index contributed by atoms with van der Waals surface area (Å²) in [5.41, 5.74) is 0. The quantitative estimate of drug-likeness (QED) is 0.505. The average Bonchev–Trinajstić information content (AvgIpc) is 2.41. The van der Waals surface area contributed by atoms with Gasteiger partial charge in [0.05, 0.1) is 6.54 Å².